The molecule has 0 fully saturated rings. The second-order valence-electron chi connectivity index (χ2n) is 2.50. The van der Waals surface area contributed by atoms with E-state index in [4.69, 9.17) is 11.5 Å². The third-order valence-corrected chi connectivity index (χ3v) is 2.35. The Bertz CT molecular complexity index is 248. The Hall–Kier alpha value is -0.540. The first-order chi connectivity index (χ1) is 5.15. The highest BCUT2D eigenvalue weighted by Crippen LogP contribution is 2.23. The number of anilines is 1. The molecular weight excluding hydrogens is 204 g/mol. The van der Waals surface area contributed by atoms with Crippen LogP contribution in [0.4, 0.5) is 5.69 Å². The van der Waals surface area contributed by atoms with Crippen LogP contribution in [0.25, 0.3) is 0 Å². The molecule has 2 nitrogen and oxygen atoms in total. The molecule has 1 aromatic carbocycles. The summed E-state index contributed by atoms with van der Waals surface area (Å²) in [6.07, 6.45) is 0. The highest BCUT2D eigenvalue weighted by Gasteiger charge is 2.01. The zero-order valence-corrected chi connectivity index (χ0v) is 7.98. The third kappa shape index (κ3) is 1.73. The van der Waals surface area contributed by atoms with Crippen molar-refractivity contribution in [1.82, 2.24) is 0 Å². The first-order valence-corrected chi connectivity index (χ1v) is 4.19. The van der Waals surface area contributed by atoms with Crippen LogP contribution in [0.2, 0.25) is 0 Å². The van der Waals surface area contributed by atoms with E-state index in [1.165, 1.54) is 0 Å². The van der Waals surface area contributed by atoms with Gasteiger partial charge < -0.3 is 11.5 Å². The molecule has 3 heteroatoms. The lowest BCUT2D eigenvalue weighted by molar-refractivity contribution is 1.04. The van der Waals surface area contributed by atoms with Gasteiger partial charge in [0.2, 0.25) is 0 Å². The van der Waals surface area contributed by atoms with E-state index in [9.17, 15) is 0 Å². The normalized spacial score (nSPS) is 10.1. The maximum atomic E-state index is 5.61. The molecule has 4 N–H and O–H groups in total. The second kappa shape index (κ2) is 3.24. The first kappa shape index (κ1) is 8.56. The molecule has 0 aliphatic rings. The summed E-state index contributed by atoms with van der Waals surface area (Å²) < 4.78 is 0.998. The minimum Gasteiger partial charge on any atom is -0.399 e. The fourth-order valence-corrected chi connectivity index (χ4v) is 1.80. The van der Waals surface area contributed by atoms with E-state index in [-0.39, 0.29) is 0 Å². The molecule has 1 rings (SSSR count). The Balaban J connectivity index is 3.25. The minimum atomic E-state index is 0.548. The summed E-state index contributed by atoms with van der Waals surface area (Å²) in [6, 6.07) is 3.79. The zero-order valence-electron chi connectivity index (χ0n) is 6.39. The number of aryl methyl sites for hydroxylation is 1. The lowest BCUT2D eigenvalue weighted by Gasteiger charge is -2.06. The summed E-state index contributed by atoms with van der Waals surface area (Å²) in [5, 5.41) is 0. The van der Waals surface area contributed by atoms with Crippen molar-refractivity contribution in [2.45, 2.75) is 13.5 Å². The third-order valence-electron chi connectivity index (χ3n) is 1.64. The van der Waals surface area contributed by atoms with Gasteiger partial charge in [-0.25, -0.2) is 0 Å². The summed E-state index contributed by atoms with van der Waals surface area (Å²) in [5.74, 6) is 0. The summed E-state index contributed by atoms with van der Waals surface area (Å²) in [4.78, 5) is 0. The van der Waals surface area contributed by atoms with Crippen LogP contribution in [-0.4, -0.2) is 0 Å². The van der Waals surface area contributed by atoms with Crippen molar-refractivity contribution in [3.63, 3.8) is 0 Å². The Morgan fingerprint density at radius 1 is 1.45 bits per heavy atom. The van der Waals surface area contributed by atoms with Gasteiger partial charge in [-0.3, -0.25) is 0 Å². The van der Waals surface area contributed by atoms with Gasteiger partial charge in [0.15, 0.2) is 0 Å². The van der Waals surface area contributed by atoms with Gasteiger partial charge in [-0.05, 0) is 30.2 Å². The van der Waals surface area contributed by atoms with Crippen molar-refractivity contribution < 1.29 is 0 Å². The topological polar surface area (TPSA) is 52.0 Å². The molecule has 0 saturated carbocycles. The number of rotatable bonds is 1. The van der Waals surface area contributed by atoms with Gasteiger partial charge in [-0.2, -0.15) is 0 Å². The molecule has 11 heavy (non-hydrogen) atoms. The molecular formula is C8H11BrN2. The Labute approximate surface area is 74.7 Å². The van der Waals surface area contributed by atoms with Crippen LogP contribution in [0.5, 0.6) is 0 Å². The van der Waals surface area contributed by atoms with Gasteiger partial charge in [0.25, 0.3) is 0 Å². The van der Waals surface area contributed by atoms with Gasteiger partial charge in [0.1, 0.15) is 0 Å². The van der Waals surface area contributed by atoms with Crippen molar-refractivity contribution in [3.05, 3.63) is 27.7 Å². The summed E-state index contributed by atoms with van der Waals surface area (Å²) in [5.41, 5.74) is 14.2. The monoisotopic (exact) mass is 214 g/mol. The molecule has 0 amide bonds. The van der Waals surface area contributed by atoms with E-state index < -0.39 is 0 Å². The highest BCUT2D eigenvalue weighted by molar-refractivity contribution is 9.10. The van der Waals surface area contributed by atoms with Gasteiger partial charge in [0, 0.05) is 16.7 Å². The van der Waals surface area contributed by atoms with Crippen molar-refractivity contribution >= 4 is 21.6 Å². The van der Waals surface area contributed by atoms with Crippen LogP contribution < -0.4 is 11.5 Å². The molecule has 0 heterocycles. The van der Waals surface area contributed by atoms with E-state index >= 15 is 0 Å². The quantitative estimate of drug-likeness (QED) is 0.701. The predicted octanol–water partition coefficient (Wildman–Crippen LogP) is 1.80. The average molecular weight is 215 g/mol. The largest absolute Gasteiger partial charge is 0.399 e. The van der Waals surface area contributed by atoms with E-state index in [2.05, 4.69) is 15.9 Å². The number of hydrogen-bond donors (Lipinski definition) is 2. The van der Waals surface area contributed by atoms with Gasteiger partial charge in [-0.15, -0.1) is 0 Å². The Morgan fingerprint density at radius 3 is 2.55 bits per heavy atom. The van der Waals surface area contributed by atoms with Crippen LogP contribution in [-0.2, 0) is 6.54 Å². The molecule has 0 aromatic heterocycles. The molecule has 60 valence electrons. The highest BCUT2D eigenvalue weighted by atomic mass is 79.9. The zero-order chi connectivity index (χ0) is 8.43. The molecule has 0 atom stereocenters. The van der Waals surface area contributed by atoms with E-state index in [1.54, 1.807) is 0 Å². The number of halogens is 1. The van der Waals surface area contributed by atoms with Crippen LogP contribution in [0.3, 0.4) is 0 Å². The van der Waals surface area contributed by atoms with Gasteiger partial charge in [-0.1, -0.05) is 15.9 Å². The lowest BCUT2D eigenvalue weighted by atomic mass is 10.1. The summed E-state index contributed by atoms with van der Waals surface area (Å²) in [7, 11) is 0. The second-order valence-corrected chi connectivity index (χ2v) is 3.36. The number of hydrogen-bond acceptors (Lipinski definition) is 2. The van der Waals surface area contributed by atoms with Crippen LogP contribution in [0, 0.1) is 6.92 Å². The van der Waals surface area contributed by atoms with E-state index in [0.29, 0.717) is 6.54 Å². The number of benzene rings is 1. The number of nitrogens with two attached hydrogens (primary N) is 2. The molecule has 1 aromatic rings. The van der Waals surface area contributed by atoms with Crippen LogP contribution in [0.15, 0.2) is 16.6 Å². The Morgan fingerprint density at radius 2 is 2.09 bits per heavy atom. The smallest absolute Gasteiger partial charge is 0.0328 e. The maximum Gasteiger partial charge on any atom is 0.0328 e. The van der Waals surface area contributed by atoms with Gasteiger partial charge >= 0.3 is 0 Å². The van der Waals surface area contributed by atoms with Gasteiger partial charge in [0.05, 0.1) is 0 Å². The SMILES string of the molecule is Cc1cc(N)cc(Br)c1CN. The van der Waals surface area contributed by atoms with Crippen molar-refractivity contribution in [1.29, 1.82) is 0 Å². The fraction of sp³-hybridized carbons (Fsp3) is 0.250. The number of nitrogen functional groups attached to an aromatic ring is 1. The Kier molecular flexibility index (Phi) is 2.52. The maximum absolute atomic E-state index is 5.61. The summed E-state index contributed by atoms with van der Waals surface area (Å²) in [6.45, 7) is 2.55. The van der Waals surface area contributed by atoms with Crippen LogP contribution >= 0.6 is 15.9 Å². The molecule has 0 aliphatic heterocycles. The van der Waals surface area contributed by atoms with E-state index in [1.807, 2.05) is 19.1 Å². The van der Waals surface area contributed by atoms with Crippen molar-refractivity contribution in [2.75, 3.05) is 5.73 Å². The first-order valence-electron chi connectivity index (χ1n) is 3.39. The molecule has 0 aliphatic carbocycles. The summed E-state index contributed by atoms with van der Waals surface area (Å²) >= 11 is 3.40. The standard InChI is InChI=1S/C8H11BrN2/c1-5-2-6(11)3-8(9)7(5)4-10/h2-3H,4,10-11H2,1H3. The molecule has 0 unspecified atom stereocenters. The average Bonchev–Trinajstić information content (AvgIpc) is 1.85. The molecule has 0 spiro atoms. The van der Waals surface area contributed by atoms with Crippen LogP contribution in [0.1, 0.15) is 11.1 Å². The van der Waals surface area contributed by atoms with E-state index in [0.717, 1.165) is 21.3 Å². The predicted molar refractivity (Wildman–Crippen MR) is 51.2 cm³/mol. The molecule has 0 saturated heterocycles. The molecule has 0 radical (unpaired) electrons. The molecule has 0 bridgehead atoms. The van der Waals surface area contributed by atoms with Crippen molar-refractivity contribution in [2.24, 2.45) is 5.73 Å². The fourth-order valence-electron chi connectivity index (χ4n) is 1.06. The van der Waals surface area contributed by atoms with Crippen molar-refractivity contribution in [3.8, 4) is 0 Å². The minimum absolute atomic E-state index is 0.548. The lowest BCUT2D eigenvalue weighted by Crippen LogP contribution is -2.01.